The van der Waals surface area contributed by atoms with Gasteiger partial charge in [0.15, 0.2) is 0 Å². The molecule has 1 aromatic carbocycles. The number of carbonyl (C=O) groups excluding carboxylic acids is 1. The normalized spacial score (nSPS) is 11.2. The van der Waals surface area contributed by atoms with Crippen molar-refractivity contribution in [1.29, 1.82) is 0 Å². The summed E-state index contributed by atoms with van der Waals surface area (Å²) in [5.74, 6) is 0.593. The molecule has 4 rings (SSSR count). The Morgan fingerprint density at radius 1 is 1.14 bits per heavy atom. The van der Waals surface area contributed by atoms with Crippen molar-refractivity contribution >= 4 is 27.5 Å². The molecule has 0 radical (unpaired) electrons. The minimum atomic E-state index is -0.555. The average molecular weight is 408 g/mol. The number of hydrogen-bond acceptors (Lipinski definition) is 6. The van der Waals surface area contributed by atoms with Crippen molar-refractivity contribution in [1.82, 2.24) is 9.55 Å². The molecule has 0 aliphatic carbocycles. The Hall–Kier alpha value is -3.19. The second-order valence-electron chi connectivity index (χ2n) is 6.91. The van der Waals surface area contributed by atoms with Gasteiger partial charge < -0.3 is 9.15 Å². The third-order valence-electron chi connectivity index (χ3n) is 4.96. The summed E-state index contributed by atoms with van der Waals surface area (Å²) in [6.07, 6.45) is 0. The van der Waals surface area contributed by atoms with Gasteiger partial charge in [-0.25, -0.2) is 9.78 Å². The maximum Gasteiger partial charge on any atom is 0.373 e. The first-order chi connectivity index (χ1) is 13.9. The largest absolute Gasteiger partial charge is 0.463 e. The molecular formula is C22H20N2O4S. The minimum absolute atomic E-state index is 0.101. The molecule has 7 heteroatoms. The lowest BCUT2D eigenvalue weighted by molar-refractivity contribution is 0.0563. The van der Waals surface area contributed by atoms with Crippen molar-refractivity contribution in [3.8, 4) is 11.4 Å². The van der Waals surface area contributed by atoms with Gasteiger partial charge in [-0.15, -0.1) is 11.3 Å². The number of thiophene rings is 1. The zero-order chi connectivity index (χ0) is 20.7. The molecule has 29 heavy (non-hydrogen) atoms. The van der Waals surface area contributed by atoms with Gasteiger partial charge in [0, 0.05) is 10.4 Å². The van der Waals surface area contributed by atoms with Crippen LogP contribution in [0.3, 0.4) is 0 Å². The maximum atomic E-state index is 13.4. The van der Waals surface area contributed by atoms with E-state index in [9.17, 15) is 9.59 Å². The molecule has 148 valence electrons. The topological polar surface area (TPSA) is 74.3 Å². The van der Waals surface area contributed by atoms with Gasteiger partial charge in [-0.3, -0.25) is 9.36 Å². The van der Waals surface area contributed by atoms with Crippen LogP contribution in [-0.4, -0.2) is 22.6 Å². The molecule has 3 heterocycles. The van der Waals surface area contributed by atoms with Crippen molar-refractivity contribution in [2.45, 2.75) is 27.3 Å². The molecule has 0 aliphatic rings. The molecule has 0 N–H and O–H groups in total. The number of methoxy groups -OCH3 is 1. The Morgan fingerprint density at radius 3 is 2.55 bits per heavy atom. The number of aryl methyl sites for hydroxylation is 3. The predicted octanol–water partition coefficient (Wildman–Crippen LogP) is 4.48. The van der Waals surface area contributed by atoms with E-state index in [0.717, 1.165) is 26.4 Å². The summed E-state index contributed by atoms with van der Waals surface area (Å²) < 4.78 is 11.9. The smallest absolute Gasteiger partial charge is 0.373 e. The zero-order valence-electron chi connectivity index (χ0n) is 16.6. The molecule has 0 bridgehead atoms. The van der Waals surface area contributed by atoms with E-state index in [4.69, 9.17) is 14.1 Å². The monoisotopic (exact) mass is 408 g/mol. The lowest BCUT2D eigenvalue weighted by Crippen LogP contribution is -2.24. The number of carbonyl (C=O) groups is 1. The molecular weight excluding hydrogens is 388 g/mol. The van der Waals surface area contributed by atoms with Crippen molar-refractivity contribution in [2.24, 2.45) is 0 Å². The standard InChI is InChI=1S/C22H20N2O4S/c1-12-5-7-15(8-6-12)19-23-20-18(13(2)14(3)29-20)21(25)24(19)11-16-9-10-17(28-16)22(26)27-4/h5-10H,11H2,1-4H3. The number of furan rings is 1. The fourth-order valence-corrected chi connectivity index (χ4v) is 4.25. The molecule has 6 nitrogen and oxygen atoms in total. The molecule has 0 fully saturated rings. The highest BCUT2D eigenvalue weighted by atomic mass is 32.1. The van der Waals surface area contributed by atoms with Crippen LogP contribution in [0.4, 0.5) is 0 Å². The highest BCUT2D eigenvalue weighted by molar-refractivity contribution is 7.18. The zero-order valence-corrected chi connectivity index (χ0v) is 17.4. The quantitative estimate of drug-likeness (QED) is 0.466. The van der Waals surface area contributed by atoms with Crippen LogP contribution >= 0.6 is 11.3 Å². The lowest BCUT2D eigenvalue weighted by Gasteiger charge is -2.12. The van der Waals surface area contributed by atoms with Crippen LogP contribution in [0.25, 0.3) is 21.6 Å². The first kappa shape index (κ1) is 19.1. The second kappa shape index (κ2) is 7.33. The number of hydrogen-bond donors (Lipinski definition) is 0. The van der Waals surface area contributed by atoms with Crippen molar-refractivity contribution in [3.63, 3.8) is 0 Å². The molecule has 0 unspecified atom stereocenters. The van der Waals surface area contributed by atoms with Gasteiger partial charge in [-0.1, -0.05) is 29.8 Å². The Labute approximate surface area is 171 Å². The predicted molar refractivity (Wildman–Crippen MR) is 113 cm³/mol. The molecule has 3 aromatic heterocycles. The van der Waals surface area contributed by atoms with Crippen LogP contribution in [0.1, 0.15) is 32.3 Å². The van der Waals surface area contributed by atoms with E-state index in [1.54, 1.807) is 16.7 Å². The number of benzene rings is 1. The van der Waals surface area contributed by atoms with Crippen LogP contribution in [-0.2, 0) is 11.3 Å². The third-order valence-corrected chi connectivity index (χ3v) is 6.06. The van der Waals surface area contributed by atoms with E-state index >= 15 is 0 Å². The van der Waals surface area contributed by atoms with E-state index < -0.39 is 5.97 Å². The summed E-state index contributed by atoms with van der Waals surface area (Å²) in [6, 6.07) is 11.1. The summed E-state index contributed by atoms with van der Waals surface area (Å²) in [6.45, 7) is 6.11. The first-order valence-corrected chi connectivity index (χ1v) is 9.95. The fourth-order valence-electron chi connectivity index (χ4n) is 3.23. The summed E-state index contributed by atoms with van der Waals surface area (Å²) in [7, 11) is 1.30. The van der Waals surface area contributed by atoms with Crippen LogP contribution in [0, 0.1) is 20.8 Å². The molecule has 0 saturated carbocycles. The highest BCUT2D eigenvalue weighted by Crippen LogP contribution is 2.29. The van der Waals surface area contributed by atoms with Gasteiger partial charge in [0.25, 0.3) is 5.56 Å². The molecule has 0 atom stereocenters. The van der Waals surface area contributed by atoms with Crippen LogP contribution in [0.15, 0.2) is 45.6 Å². The van der Waals surface area contributed by atoms with Gasteiger partial charge in [-0.05, 0) is 38.5 Å². The van der Waals surface area contributed by atoms with Crippen LogP contribution < -0.4 is 5.56 Å². The number of rotatable bonds is 4. The number of esters is 1. The van der Waals surface area contributed by atoms with Gasteiger partial charge in [0.2, 0.25) is 5.76 Å². The van der Waals surface area contributed by atoms with Gasteiger partial charge in [0.1, 0.15) is 16.4 Å². The Kier molecular flexibility index (Phi) is 4.84. The summed E-state index contributed by atoms with van der Waals surface area (Å²) in [5.41, 5.74) is 2.79. The Morgan fingerprint density at radius 2 is 1.86 bits per heavy atom. The number of ether oxygens (including phenoxy) is 1. The fraction of sp³-hybridized carbons (Fsp3) is 0.227. The maximum absolute atomic E-state index is 13.4. The van der Waals surface area contributed by atoms with Gasteiger partial charge in [0.05, 0.1) is 19.0 Å². The van der Waals surface area contributed by atoms with Crippen molar-refractivity contribution < 1.29 is 13.9 Å². The SMILES string of the molecule is COC(=O)c1ccc(Cn2c(-c3ccc(C)cc3)nc3sc(C)c(C)c3c2=O)o1. The average Bonchev–Trinajstić information content (AvgIpc) is 3.29. The van der Waals surface area contributed by atoms with E-state index in [-0.39, 0.29) is 17.9 Å². The van der Waals surface area contributed by atoms with Gasteiger partial charge in [-0.2, -0.15) is 0 Å². The van der Waals surface area contributed by atoms with E-state index in [0.29, 0.717) is 17.0 Å². The molecule has 0 saturated heterocycles. The number of fused-ring (bicyclic) bond motifs is 1. The molecule has 0 spiro atoms. The number of nitrogens with zero attached hydrogens (tertiary/aromatic N) is 2. The van der Waals surface area contributed by atoms with Gasteiger partial charge >= 0.3 is 5.97 Å². The lowest BCUT2D eigenvalue weighted by atomic mass is 10.1. The minimum Gasteiger partial charge on any atom is -0.463 e. The first-order valence-electron chi connectivity index (χ1n) is 9.13. The van der Waals surface area contributed by atoms with E-state index in [2.05, 4.69) is 0 Å². The molecule has 0 aliphatic heterocycles. The highest BCUT2D eigenvalue weighted by Gasteiger charge is 2.19. The Balaban J connectivity index is 1.91. The van der Waals surface area contributed by atoms with Crippen molar-refractivity contribution in [2.75, 3.05) is 7.11 Å². The van der Waals surface area contributed by atoms with E-state index in [1.807, 2.05) is 45.0 Å². The van der Waals surface area contributed by atoms with Crippen LogP contribution in [0.5, 0.6) is 0 Å². The van der Waals surface area contributed by atoms with E-state index in [1.165, 1.54) is 18.4 Å². The molecule has 4 aromatic rings. The number of aromatic nitrogens is 2. The Bertz CT molecular complexity index is 1280. The molecule has 0 amide bonds. The van der Waals surface area contributed by atoms with Crippen LogP contribution in [0.2, 0.25) is 0 Å². The summed E-state index contributed by atoms with van der Waals surface area (Å²) in [5, 5.41) is 0.628. The second-order valence-corrected chi connectivity index (χ2v) is 8.12. The third kappa shape index (κ3) is 3.38. The summed E-state index contributed by atoms with van der Waals surface area (Å²) >= 11 is 1.52. The van der Waals surface area contributed by atoms with Crippen molar-refractivity contribution in [3.05, 3.63) is 74.3 Å². The summed E-state index contributed by atoms with van der Waals surface area (Å²) in [4.78, 5) is 31.7.